The molecule has 1 heterocycles. The lowest BCUT2D eigenvalue weighted by Gasteiger charge is -2.40. The Balaban J connectivity index is 1.72. The average Bonchev–Trinajstić information content (AvgIpc) is 2.74. The molecule has 2 aromatic carbocycles. The third kappa shape index (κ3) is 1.78. The minimum atomic E-state index is 0.534. The van der Waals surface area contributed by atoms with Crippen LogP contribution in [0.25, 0.3) is 0 Å². The molecule has 0 nitrogen and oxygen atoms in total. The number of rotatable bonds is 0. The van der Waals surface area contributed by atoms with E-state index < -0.39 is 0 Å². The molecular formula is C21H22S. The van der Waals surface area contributed by atoms with Gasteiger partial charge in [0.05, 0.1) is 0 Å². The van der Waals surface area contributed by atoms with Crippen molar-refractivity contribution in [3.63, 3.8) is 0 Å². The van der Waals surface area contributed by atoms with Crippen LogP contribution in [0, 0.1) is 0 Å². The second-order valence-electron chi connectivity index (χ2n) is 7.24. The molecule has 2 bridgehead atoms. The van der Waals surface area contributed by atoms with E-state index in [0.29, 0.717) is 5.92 Å². The van der Waals surface area contributed by atoms with Crippen LogP contribution in [-0.2, 0) is 5.75 Å². The van der Waals surface area contributed by atoms with E-state index in [0.717, 1.165) is 17.6 Å². The zero-order valence-electron chi connectivity index (χ0n) is 13.1. The van der Waals surface area contributed by atoms with Gasteiger partial charge in [0.2, 0.25) is 0 Å². The molecule has 0 saturated heterocycles. The Kier molecular flexibility index (Phi) is 2.95. The molecule has 0 aromatic heterocycles. The minimum Gasteiger partial charge on any atom is -0.121 e. The van der Waals surface area contributed by atoms with Gasteiger partial charge >= 0.3 is 0 Å². The molecule has 1 heteroatoms. The van der Waals surface area contributed by atoms with Gasteiger partial charge in [-0.15, -0.1) is 11.8 Å². The lowest BCUT2D eigenvalue weighted by molar-refractivity contribution is 0.353. The third-order valence-corrected chi connectivity index (χ3v) is 7.40. The summed E-state index contributed by atoms with van der Waals surface area (Å²) in [6.45, 7) is 2.40. The summed E-state index contributed by atoms with van der Waals surface area (Å²) in [5.41, 5.74) is 8.11. The van der Waals surface area contributed by atoms with Crippen LogP contribution in [0.1, 0.15) is 78.2 Å². The summed E-state index contributed by atoms with van der Waals surface area (Å²) in [5.74, 6) is 3.37. The normalized spacial score (nSPS) is 28.5. The van der Waals surface area contributed by atoms with Gasteiger partial charge in [0.15, 0.2) is 0 Å². The first-order valence-corrected chi connectivity index (χ1v) is 9.69. The summed E-state index contributed by atoms with van der Waals surface area (Å²) >= 11 is 2.11. The predicted octanol–water partition coefficient (Wildman–Crippen LogP) is 6.20. The van der Waals surface area contributed by atoms with E-state index in [9.17, 15) is 0 Å². The molecule has 0 radical (unpaired) electrons. The molecule has 0 N–H and O–H groups in total. The topological polar surface area (TPSA) is 0 Å². The maximum absolute atomic E-state index is 2.48. The summed E-state index contributed by atoms with van der Waals surface area (Å²) in [6, 6.07) is 14.0. The van der Waals surface area contributed by atoms with Gasteiger partial charge in [-0.25, -0.2) is 0 Å². The van der Waals surface area contributed by atoms with Crippen molar-refractivity contribution in [2.45, 2.75) is 61.0 Å². The molecule has 1 saturated carbocycles. The first-order chi connectivity index (χ1) is 10.8. The van der Waals surface area contributed by atoms with Gasteiger partial charge in [-0.3, -0.25) is 0 Å². The standard InChI is InChI=1S/C21H22S/c1-13-17-5-3-2-4-16(17)12-22-21-18(13)10-11-19-14-6-8-15(9-7-14)20(19)21/h2-5,10-11,13-15H,6-9,12H2,1H3. The van der Waals surface area contributed by atoms with Crippen molar-refractivity contribution in [3.05, 3.63) is 64.2 Å². The van der Waals surface area contributed by atoms with Crippen molar-refractivity contribution >= 4 is 11.8 Å². The van der Waals surface area contributed by atoms with Gasteiger partial charge in [0.1, 0.15) is 0 Å². The summed E-state index contributed by atoms with van der Waals surface area (Å²) in [4.78, 5) is 1.65. The largest absolute Gasteiger partial charge is 0.121 e. The molecule has 22 heavy (non-hydrogen) atoms. The fourth-order valence-electron chi connectivity index (χ4n) is 5.01. The maximum atomic E-state index is 2.48. The van der Waals surface area contributed by atoms with Crippen LogP contribution < -0.4 is 0 Å². The fraction of sp³-hybridized carbons (Fsp3) is 0.429. The number of thioether (sulfide) groups is 1. The summed E-state index contributed by atoms with van der Waals surface area (Å²) in [5, 5.41) is 0. The molecule has 2 aromatic rings. The zero-order chi connectivity index (χ0) is 14.7. The van der Waals surface area contributed by atoms with Crippen LogP contribution in [0.15, 0.2) is 41.3 Å². The molecule has 0 amide bonds. The molecular weight excluding hydrogens is 284 g/mol. The average molecular weight is 306 g/mol. The monoisotopic (exact) mass is 306 g/mol. The van der Waals surface area contributed by atoms with E-state index in [4.69, 9.17) is 0 Å². The molecule has 1 atom stereocenters. The van der Waals surface area contributed by atoms with Crippen LogP contribution in [-0.4, -0.2) is 0 Å². The van der Waals surface area contributed by atoms with Crippen LogP contribution in [0.4, 0.5) is 0 Å². The summed E-state index contributed by atoms with van der Waals surface area (Å²) in [7, 11) is 0. The van der Waals surface area contributed by atoms with Crippen LogP contribution in [0.2, 0.25) is 0 Å². The quantitative estimate of drug-likeness (QED) is 0.558. The highest BCUT2D eigenvalue weighted by Crippen LogP contribution is 2.55. The minimum absolute atomic E-state index is 0.534. The number of hydrogen-bond acceptors (Lipinski definition) is 1. The second kappa shape index (κ2) is 4.89. The molecule has 112 valence electrons. The van der Waals surface area contributed by atoms with Gasteiger partial charge in [-0.05, 0) is 65.3 Å². The highest BCUT2D eigenvalue weighted by atomic mass is 32.2. The molecule has 1 fully saturated rings. The summed E-state index contributed by atoms with van der Waals surface area (Å²) < 4.78 is 0. The molecule has 4 aliphatic rings. The number of benzene rings is 2. The Morgan fingerprint density at radius 3 is 2.41 bits per heavy atom. The van der Waals surface area contributed by atoms with Gasteiger partial charge in [0.25, 0.3) is 0 Å². The Labute approximate surface area is 137 Å². The maximum Gasteiger partial charge on any atom is 0.0235 e. The zero-order valence-corrected chi connectivity index (χ0v) is 14.0. The van der Waals surface area contributed by atoms with Crippen molar-refractivity contribution in [2.24, 2.45) is 0 Å². The lowest BCUT2D eigenvalue weighted by atomic mass is 9.66. The smallest absolute Gasteiger partial charge is 0.0235 e. The van der Waals surface area contributed by atoms with Crippen molar-refractivity contribution in [3.8, 4) is 0 Å². The van der Waals surface area contributed by atoms with E-state index in [-0.39, 0.29) is 0 Å². The molecule has 3 aliphatic carbocycles. The van der Waals surface area contributed by atoms with Crippen molar-refractivity contribution in [1.82, 2.24) is 0 Å². The lowest BCUT2D eigenvalue weighted by Crippen LogP contribution is -2.23. The molecule has 6 rings (SSSR count). The highest BCUT2D eigenvalue weighted by Gasteiger charge is 2.36. The van der Waals surface area contributed by atoms with Crippen molar-refractivity contribution < 1.29 is 0 Å². The Hall–Kier alpha value is -1.21. The first kappa shape index (κ1) is 13.2. The van der Waals surface area contributed by atoms with Gasteiger partial charge in [0, 0.05) is 16.6 Å². The first-order valence-electron chi connectivity index (χ1n) is 8.70. The third-order valence-electron chi connectivity index (χ3n) is 6.20. The predicted molar refractivity (Wildman–Crippen MR) is 93.9 cm³/mol. The van der Waals surface area contributed by atoms with Crippen LogP contribution >= 0.6 is 11.8 Å². The van der Waals surface area contributed by atoms with Gasteiger partial charge < -0.3 is 0 Å². The van der Waals surface area contributed by atoms with Gasteiger partial charge in [-0.2, -0.15) is 0 Å². The highest BCUT2D eigenvalue weighted by molar-refractivity contribution is 7.98. The number of hydrogen-bond donors (Lipinski definition) is 0. The second-order valence-corrected chi connectivity index (χ2v) is 8.23. The summed E-state index contributed by atoms with van der Waals surface area (Å²) in [6.07, 6.45) is 5.71. The van der Waals surface area contributed by atoms with Crippen molar-refractivity contribution in [2.75, 3.05) is 0 Å². The Morgan fingerprint density at radius 1 is 0.818 bits per heavy atom. The van der Waals surface area contributed by atoms with Gasteiger partial charge in [-0.1, -0.05) is 43.3 Å². The van der Waals surface area contributed by atoms with E-state index in [1.165, 1.54) is 36.8 Å². The Bertz CT molecular complexity index is 738. The molecule has 1 aliphatic heterocycles. The van der Waals surface area contributed by atoms with Crippen LogP contribution in [0.5, 0.6) is 0 Å². The van der Waals surface area contributed by atoms with Crippen molar-refractivity contribution in [1.29, 1.82) is 0 Å². The van der Waals surface area contributed by atoms with E-state index in [1.807, 2.05) is 0 Å². The Morgan fingerprint density at radius 2 is 1.55 bits per heavy atom. The number of fused-ring (bicyclic) bond motifs is 4. The van der Waals surface area contributed by atoms with E-state index in [2.05, 4.69) is 55.1 Å². The van der Waals surface area contributed by atoms with Crippen LogP contribution in [0.3, 0.4) is 0 Å². The SMILES string of the molecule is CC1c2ccccc2CSc2c1ccc1c2C2CCC1CC2. The molecule has 1 unspecified atom stereocenters. The fourth-order valence-corrected chi connectivity index (χ4v) is 6.42. The molecule has 0 spiro atoms. The van der Waals surface area contributed by atoms with E-state index >= 15 is 0 Å². The van der Waals surface area contributed by atoms with E-state index in [1.54, 1.807) is 21.6 Å².